The predicted octanol–water partition coefficient (Wildman–Crippen LogP) is 4.06. The number of rotatable bonds is 4. The monoisotopic (exact) mass is 369 g/mol. The van der Waals surface area contributed by atoms with Gasteiger partial charge < -0.3 is 19.5 Å². The molecule has 0 bridgehead atoms. The molecule has 0 fully saturated rings. The summed E-state index contributed by atoms with van der Waals surface area (Å²) in [4.78, 5) is 24.9. The van der Waals surface area contributed by atoms with Crippen LogP contribution in [-0.4, -0.2) is 25.3 Å². The van der Waals surface area contributed by atoms with Gasteiger partial charge in [0.05, 0.1) is 6.61 Å². The van der Waals surface area contributed by atoms with E-state index in [1.54, 1.807) is 37.3 Å². The Labute approximate surface area is 153 Å². The van der Waals surface area contributed by atoms with Gasteiger partial charge in [0, 0.05) is 16.0 Å². The Balaban J connectivity index is 1.55. The average molecular weight is 369 g/mol. The lowest BCUT2D eigenvalue weighted by Gasteiger charge is -2.06. The maximum Gasteiger partial charge on any atom is 0.348 e. The summed E-state index contributed by atoms with van der Waals surface area (Å²) < 4.78 is 16.5. The molecular formula is C19H15NO5S. The minimum absolute atomic E-state index is 0.165. The minimum Gasteiger partial charge on any atom is -0.462 e. The fourth-order valence-corrected chi connectivity index (χ4v) is 3.60. The van der Waals surface area contributed by atoms with Gasteiger partial charge in [0.2, 0.25) is 6.79 Å². The number of thiophene rings is 1. The van der Waals surface area contributed by atoms with Crippen molar-refractivity contribution in [2.45, 2.75) is 6.92 Å². The first-order valence-electron chi connectivity index (χ1n) is 8.06. The standard InChI is InChI=1S/C19H15NO5S/c1-2-23-19(22)17-9-12-7-13(4-6-16(12)26-17)20-18(21)11-3-5-14-15(8-11)25-10-24-14/h3-9H,2,10H2,1H3,(H,20,21). The number of hydrogen-bond acceptors (Lipinski definition) is 6. The molecule has 26 heavy (non-hydrogen) atoms. The minimum atomic E-state index is -0.334. The maximum atomic E-state index is 12.5. The Morgan fingerprint density at radius 3 is 2.81 bits per heavy atom. The van der Waals surface area contributed by atoms with Crippen LogP contribution in [0.1, 0.15) is 27.0 Å². The van der Waals surface area contributed by atoms with E-state index >= 15 is 0 Å². The van der Waals surface area contributed by atoms with Crippen molar-refractivity contribution in [3.8, 4) is 11.5 Å². The van der Waals surface area contributed by atoms with E-state index in [4.69, 9.17) is 14.2 Å². The number of carbonyl (C=O) groups excluding carboxylic acids is 2. The summed E-state index contributed by atoms with van der Waals surface area (Å²) in [6, 6.07) is 12.3. The molecule has 0 saturated heterocycles. The highest BCUT2D eigenvalue weighted by atomic mass is 32.1. The average Bonchev–Trinajstić information content (AvgIpc) is 3.27. The molecule has 3 aromatic rings. The molecule has 1 amide bonds. The molecule has 0 unspecified atom stereocenters. The van der Waals surface area contributed by atoms with Crippen molar-refractivity contribution in [3.63, 3.8) is 0 Å². The smallest absolute Gasteiger partial charge is 0.348 e. The van der Waals surface area contributed by atoms with Crippen LogP contribution in [0, 0.1) is 0 Å². The highest BCUT2D eigenvalue weighted by Crippen LogP contribution is 2.33. The first kappa shape index (κ1) is 16.4. The lowest BCUT2D eigenvalue weighted by atomic mass is 10.1. The van der Waals surface area contributed by atoms with Crippen LogP contribution in [-0.2, 0) is 4.74 Å². The Morgan fingerprint density at radius 2 is 1.96 bits per heavy atom. The third-order valence-electron chi connectivity index (χ3n) is 3.89. The summed E-state index contributed by atoms with van der Waals surface area (Å²) >= 11 is 1.37. The molecule has 0 spiro atoms. The maximum absolute atomic E-state index is 12.5. The summed E-state index contributed by atoms with van der Waals surface area (Å²) in [6.07, 6.45) is 0. The van der Waals surface area contributed by atoms with Gasteiger partial charge in [-0.15, -0.1) is 11.3 Å². The molecule has 0 aliphatic carbocycles. The number of fused-ring (bicyclic) bond motifs is 2. The van der Waals surface area contributed by atoms with Gasteiger partial charge in [-0.2, -0.15) is 0 Å². The Morgan fingerprint density at radius 1 is 1.12 bits per heavy atom. The molecule has 132 valence electrons. The molecule has 4 rings (SSSR count). The molecule has 2 heterocycles. The van der Waals surface area contributed by atoms with E-state index in [0.29, 0.717) is 34.2 Å². The van der Waals surface area contributed by atoms with Crippen LogP contribution in [0.4, 0.5) is 5.69 Å². The Hall–Kier alpha value is -3.06. The van der Waals surface area contributed by atoms with Gasteiger partial charge in [0.1, 0.15) is 4.88 Å². The van der Waals surface area contributed by atoms with E-state index in [1.807, 2.05) is 12.1 Å². The predicted molar refractivity (Wildman–Crippen MR) is 98.3 cm³/mol. The number of nitrogens with one attached hydrogen (secondary N) is 1. The van der Waals surface area contributed by atoms with Crippen LogP contribution in [0.25, 0.3) is 10.1 Å². The second kappa shape index (κ2) is 6.68. The summed E-state index contributed by atoms with van der Waals surface area (Å²) in [7, 11) is 0. The Bertz CT molecular complexity index is 1010. The molecule has 0 radical (unpaired) electrons. The molecule has 7 heteroatoms. The lowest BCUT2D eigenvalue weighted by molar-refractivity contribution is 0.0532. The van der Waals surface area contributed by atoms with Gasteiger partial charge >= 0.3 is 5.97 Å². The van der Waals surface area contributed by atoms with Crippen LogP contribution in [0.5, 0.6) is 11.5 Å². The third kappa shape index (κ3) is 3.09. The van der Waals surface area contributed by atoms with Crippen molar-refractivity contribution in [1.29, 1.82) is 0 Å². The number of esters is 1. The van der Waals surface area contributed by atoms with E-state index in [9.17, 15) is 9.59 Å². The highest BCUT2D eigenvalue weighted by molar-refractivity contribution is 7.20. The van der Waals surface area contributed by atoms with Crippen molar-refractivity contribution in [2.24, 2.45) is 0 Å². The van der Waals surface area contributed by atoms with Crippen LogP contribution in [0.2, 0.25) is 0 Å². The van der Waals surface area contributed by atoms with Crippen LogP contribution in [0.15, 0.2) is 42.5 Å². The van der Waals surface area contributed by atoms with Crippen LogP contribution < -0.4 is 14.8 Å². The largest absolute Gasteiger partial charge is 0.462 e. The van der Waals surface area contributed by atoms with Crippen LogP contribution in [0.3, 0.4) is 0 Å². The normalized spacial score (nSPS) is 12.2. The van der Waals surface area contributed by atoms with Gasteiger partial charge in [-0.3, -0.25) is 4.79 Å². The van der Waals surface area contributed by atoms with E-state index < -0.39 is 0 Å². The molecular weight excluding hydrogens is 354 g/mol. The fourth-order valence-electron chi connectivity index (χ4n) is 2.66. The zero-order chi connectivity index (χ0) is 18.1. The van der Waals surface area contributed by atoms with E-state index in [1.165, 1.54) is 11.3 Å². The van der Waals surface area contributed by atoms with E-state index in [0.717, 1.165) is 10.1 Å². The summed E-state index contributed by atoms with van der Waals surface area (Å²) in [6.45, 7) is 2.27. The third-order valence-corrected chi connectivity index (χ3v) is 4.98. The Kier molecular flexibility index (Phi) is 4.22. The molecule has 0 atom stereocenters. The fraction of sp³-hybridized carbons (Fsp3) is 0.158. The van der Waals surface area contributed by atoms with Crippen molar-refractivity contribution < 1.29 is 23.8 Å². The van der Waals surface area contributed by atoms with Gasteiger partial charge in [-0.1, -0.05) is 0 Å². The first-order chi connectivity index (χ1) is 12.6. The van der Waals surface area contributed by atoms with E-state index in [-0.39, 0.29) is 18.7 Å². The number of carbonyl (C=O) groups is 2. The van der Waals surface area contributed by atoms with Crippen LogP contribution >= 0.6 is 11.3 Å². The second-order valence-corrected chi connectivity index (χ2v) is 6.69. The van der Waals surface area contributed by atoms with Crippen molar-refractivity contribution in [2.75, 3.05) is 18.7 Å². The zero-order valence-electron chi connectivity index (χ0n) is 13.9. The van der Waals surface area contributed by atoms with Gasteiger partial charge in [0.15, 0.2) is 11.5 Å². The summed E-state index contributed by atoms with van der Waals surface area (Å²) in [5.41, 5.74) is 1.13. The molecule has 6 nitrogen and oxygen atoms in total. The van der Waals surface area contributed by atoms with Crippen molar-refractivity contribution in [3.05, 3.63) is 52.9 Å². The van der Waals surface area contributed by atoms with Crippen molar-refractivity contribution >= 4 is 39.0 Å². The molecule has 1 aliphatic heterocycles. The van der Waals surface area contributed by atoms with Gasteiger partial charge in [0.25, 0.3) is 5.91 Å². The molecule has 0 saturated carbocycles. The summed E-state index contributed by atoms with van der Waals surface area (Å²) in [5.74, 6) is 0.612. The zero-order valence-corrected chi connectivity index (χ0v) is 14.7. The number of ether oxygens (including phenoxy) is 3. The number of benzene rings is 2. The molecule has 2 aromatic carbocycles. The SMILES string of the molecule is CCOC(=O)c1cc2cc(NC(=O)c3ccc4c(c3)OCO4)ccc2s1. The summed E-state index contributed by atoms with van der Waals surface area (Å²) in [5, 5.41) is 3.73. The van der Waals surface area contributed by atoms with E-state index in [2.05, 4.69) is 5.32 Å². The second-order valence-electron chi connectivity index (χ2n) is 5.61. The number of amides is 1. The first-order valence-corrected chi connectivity index (χ1v) is 8.87. The van der Waals surface area contributed by atoms with Gasteiger partial charge in [-0.05, 0) is 54.8 Å². The molecule has 1 N–H and O–H groups in total. The molecule has 1 aliphatic rings. The topological polar surface area (TPSA) is 73.9 Å². The molecule has 1 aromatic heterocycles. The highest BCUT2D eigenvalue weighted by Gasteiger charge is 2.17. The lowest BCUT2D eigenvalue weighted by Crippen LogP contribution is -2.11. The van der Waals surface area contributed by atoms with Crippen molar-refractivity contribution in [1.82, 2.24) is 0 Å². The van der Waals surface area contributed by atoms with Gasteiger partial charge in [-0.25, -0.2) is 4.79 Å². The quantitative estimate of drug-likeness (QED) is 0.702. The number of anilines is 1. The number of hydrogen-bond donors (Lipinski definition) is 1.